The van der Waals surface area contributed by atoms with E-state index < -0.39 is 12.0 Å². The molecule has 4 heteroatoms. The average Bonchev–Trinajstić information content (AvgIpc) is 2.05. The third-order valence-electron chi connectivity index (χ3n) is 2.07. The molecule has 0 amide bonds. The zero-order chi connectivity index (χ0) is 8.27. The first-order valence-electron chi connectivity index (χ1n) is 3.81. The molecule has 1 heterocycles. The molecule has 1 fully saturated rings. The number of hydrogen-bond acceptors (Lipinski definition) is 3. The van der Waals surface area contributed by atoms with Crippen molar-refractivity contribution < 1.29 is 15.0 Å². The molecule has 1 rings (SSSR count). The SMILES string of the molecule is O=C(O)C1CCC(CO)CN1. The van der Waals surface area contributed by atoms with Crippen molar-refractivity contribution in [1.82, 2.24) is 5.32 Å². The molecule has 0 bridgehead atoms. The minimum Gasteiger partial charge on any atom is -0.480 e. The molecule has 1 saturated heterocycles. The van der Waals surface area contributed by atoms with Gasteiger partial charge in [-0.15, -0.1) is 0 Å². The zero-order valence-corrected chi connectivity index (χ0v) is 6.29. The lowest BCUT2D eigenvalue weighted by molar-refractivity contribution is -0.140. The van der Waals surface area contributed by atoms with E-state index in [1.807, 2.05) is 0 Å². The van der Waals surface area contributed by atoms with Crippen LogP contribution in [0.2, 0.25) is 0 Å². The summed E-state index contributed by atoms with van der Waals surface area (Å²) in [6.07, 6.45) is 1.43. The fourth-order valence-corrected chi connectivity index (χ4v) is 1.28. The summed E-state index contributed by atoms with van der Waals surface area (Å²) in [5, 5.41) is 20.2. The predicted molar refractivity (Wildman–Crippen MR) is 39.2 cm³/mol. The Morgan fingerprint density at radius 3 is 2.64 bits per heavy atom. The van der Waals surface area contributed by atoms with Gasteiger partial charge in [0.25, 0.3) is 0 Å². The van der Waals surface area contributed by atoms with Gasteiger partial charge in [0.15, 0.2) is 0 Å². The molecule has 0 aromatic rings. The second-order valence-electron chi connectivity index (χ2n) is 2.93. The van der Waals surface area contributed by atoms with E-state index in [1.165, 1.54) is 0 Å². The Morgan fingerprint density at radius 2 is 2.27 bits per heavy atom. The molecule has 64 valence electrons. The van der Waals surface area contributed by atoms with Gasteiger partial charge in [-0.3, -0.25) is 4.79 Å². The number of aliphatic hydroxyl groups is 1. The number of carbonyl (C=O) groups is 1. The van der Waals surface area contributed by atoms with Gasteiger partial charge in [-0.1, -0.05) is 0 Å². The normalized spacial score (nSPS) is 31.7. The Morgan fingerprint density at radius 1 is 1.55 bits per heavy atom. The molecule has 0 aromatic carbocycles. The molecule has 2 unspecified atom stereocenters. The molecule has 0 aromatic heterocycles. The first-order chi connectivity index (χ1) is 5.24. The van der Waals surface area contributed by atoms with Crippen LogP contribution in [0.25, 0.3) is 0 Å². The highest BCUT2D eigenvalue weighted by molar-refractivity contribution is 5.73. The second kappa shape index (κ2) is 3.69. The Kier molecular flexibility index (Phi) is 2.84. The predicted octanol–water partition coefficient (Wildman–Crippen LogP) is -0.569. The minimum atomic E-state index is -0.790. The topological polar surface area (TPSA) is 69.6 Å². The van der Waals surface area contributed by atoms with Gasteiger partial charge in [-0.05, 0) is 18.8 Å². The van der Waals surface area contributed by atoms with E-state index in [4.69, 9.17) is 10.2 Å². The number of aliphatic carboxylic acids is 1. The first kappa shape index (κ1) is 8.49. The standard InChI is InChI=1S/C7H13NO3/c9-4-5-1-2-6(7(10)11)8-3-5/h5-6,8-9H,1-4H2,(H,10,11). The Labute approximate surface area is 65.2 Å². The minimum absolute atomic E-state index is 0.152. The van der Waals surface area contributed by atoms with Crippen LogP contribution in [-0.2, 0) is 4.79 Å². The van der Waals surface area contributed by atoms with Gasteiger partial charge >= 0.3 is 5.97 Å². The van der Waals surface area contributed by atoms with Crippen LogP contribution in [0.5, 0.6) is 0 Å². The van der Waals surface area contributed by atoms with E-state index >= 15 is 0 Å². The van der Waals surface area contributed by atoms with Gasteiger partial charge < -0.3 is 15.5 Å². The monoisotopic (exact) mass is 159 g/mol. The molecule has 11 heavy (non-hydrogen) atoms. The molecule has 0 spiro atoms. The van der Waals surface area contributed by atoms with Gasteiger partial charge in [0.1, 0.15) is 6.04 Å². The van der Waals surface area contributed by atoms with E-state index in [1.54, 1.807) is 0 Å². The van der Waals surface area contributed by atoms with Crippen LogP contribution in [0, 0.1) is 5.92 Å². The van der Waals surface area contributed by atoms with E-state index in [0.717, 1.165) is 6.42 Å². The van der Waals surface area contributed by atoms with Crippen molar-refractivity contribution in [1.29, 1.82) is 0 Å². The molecule has 0 saturated carbocycles. The molecule has 2 atom stereocenters. The summed E-state index contributed by atoms with van der Waals surface area (Å²) in [6, 6.07) is -0.405. The summed E-state index contributed by atoms with van der Waals surface area (Å²) in [4.78, 5) is 10.4. The first-order valence-corrected chi connectivity index (χ1v) is 3.81. The van der Waals surface area contributed by atoms with Crippen LogP contribution < -0.4 is 5.32 Å². The number of aliphatic hydroxyl groups excluding tert-OH is 1. The second-order valence-corrected chi connectivity index (χ2v) is 2.93. The molecule has 1 aliphatic rings. The maximum absolute atomic E-state index is 10.4. The third-order valence-corrected chi connectivity index (χ3v) is 2.07. The van der Waals surface area contributed by atoms with Gasteiger partial charge in [-0.25, -0.2) is 0 Å². The van der Waals surface area contributed by atoms with Gasteiger partial charge in [0, 0.05) is 13.2 Å². The molecule has 0 aliphatic carbocycles. The summed E-state index contributed by atoms with van der Waals surface area (Å²) in [5.74, 6) is -0.549. The number of piperidine rings is 1. The number of nitrogens with one attached hydrogen (secondary N) is 1. The van der Waals surface area contributed by atoms with Crippen molar-refractivity contribution in [3.05, 3.63) is 0 Å². The number of rotatable bonds is 2. The maximum atomic E-state index is 10.4. The van der Waals surface area contributed by atoms with Crippen molar-refractivity contribution in [3.8, 4) is 0 Å². The van der Waals surface area contributed by atoms with Crippen molar-refractivity contribution in [2.45, 2.75) is 18.9 Å². The van der Waals surface area contributed by atoms with Crippen LogP contribution in [-0.4, -0.2) is 35.4 Å². The highest BCUT2D eigenvalue weighted by Gasteiger charge is 2.24. The van der Waals surface area contributed by atoms with Gasteiger partial charge in [0.05, 0.1) is 0 Å². The summed E-state index contributed by atoms with van der Waals surface area (Å²) in [6.45, 7) is 0.771. The molecular formula is C7H13NO3. The fraction of sp³-hybridized carbons (Fsp3) is 0.857. The smallest absolute Gasteiger partial charge is 0.320 e. The molecule has 3 N–H and O–H groups in total. The highest BCUT2D eigenvalue weighted by atomic mass is 16.4. The van der Waals surface area contributed by atoms with E-state index in [2.05, 4.69) is 5.32 Å². The van der Waals surface area contributed by atoms with E-state index in [-0.39, 0.29) is 12.5 Å². The Hall–Kier alpha value is -0.610. The summed E-state index contributed by atoms with van der Waals surface area (Å²) in [7, 11) is 0. The molecular weight excluding hydrogens is 146 g/mol. The third kappa shape index (κ3) is 2.17. The fourth-order valence-electron chi connectivity index (χ4n) is 1.28. The number of carboxylic acids is 1. The van der Waals surface area contributed by atoms with E-state index in [0.29, 0.717) is 13.0 Å². The van der Waals surface area contributed by atoms with Crippen molar-refractivity contribution >= 4 is 5.97 Å². The van der Waals surface area contributed by atoms with Crippen LogP contribution in [0.1, 0.15) is 12.8 Å². The lowest BCUT2D eigenvalue weighted by Crippen LogP contribution is -2.44. The van der Waals surface area contributed by atoms with Gasteiger partial charge in [0.2, 0.25) is 0 Å². The molecule has 1 aliphatic heterocycles. The summed E-state index contributed by atoms with van der Waals surface area (Å²) >= 11 is 0. The largest absolute Gasteiger partial charge is 0.480 e. The number of carboxylic acid groups (broad SMARTS) is 1. The van der Waals surface area contributed by atoms with Crippen LogP contribution in [0.4, 0.5) is 0 Å². The summed E-state index contributed by atoms with van der Waals surface area (Å²) in [5.41, 5.74) is 0. The highest BCUT2D eigenvalue weighted by Crippen LogP contribution is 2.13. The van der Waals surface area contributed by atoms with Gasteiger partial charge in [-0.2, -0.15) is 0 Å². The molecule has 0 radical (unpaired) electrons. The Balaban J connectivity index is 2.30. The molecule has 4 nitrogen and oxygen atoms in total. The average molecular weight is 159 g/mol. The lowest BCUT2D eigenvalue weighted by atomic mass is 9.96. The lowest BCUT2D eigenvalue weighted by Gasteiger charge is -2.25. The van der Waals surface area contributed by atoms with Crippen LogP contribution >= 0.6 is 0 Å². The van der Waals surface area contributed by atoms with Crippen molar-refractivity contribution in [3.63, 3.8) is 0 Å². The van der Waals surface area contributed by atoms with Crippen molar-refractivity contribution in [2.24, 2.45) is 5.92 Å². The van der Waals surface area contributed by atoms with Crippen LogP contribution in [0.3, 0.4) is 0 Å². The number of hydrogen-bond donors (Lipinski definition) is 3. The van der Waals surface area contributed by atoms with E-state index in [9.17, 15) is 4.79 Å². The van der Waals surface area contributed by atoms with Crippen molar-refractivity contribution in [2.75, 3.05) is 13.2 Å². The quantitative estimate of drug-likeness (QED) is 0.504. The summed E-state index contributed by atoms with van der Waals surface area (Å²) < 4.78 is 0. The zero-order valence-electron chi connectivity index (χ0n) is 6.29. The van der Waals surface area contributed by atoms with Crippen LogP contribution in [0.15, 0.2) is 0 Å². The maximum Gasteiger partial charge on any atom is 0.320 e. The Bertz CT molecular complexity index is 141.